The van der Waals surface area contributed by atoms with Gasteiger partial charge < -0.3 is 10.6 Å². The fourth-order valence-electron chi connectivity index (χ4n) is 4.56. The summed E-state index contributed by atoms with van der Waals surface area (Å²) in [5.41, 5.74) is 4.87. The van der Waals surface area contributed by atoms with Crippen molar-refractivity contribution in [1.82, 2.24) is 9.97 Å². The monoisotopic (exact) mass is 348 g/mol. The highest BCUT2D eigenvalue weighted by Gasteiger charge is 2.41. The van der Waals surface area contributed by atoms with E-state index in [1.165, 1.54) is 11.1 Å². The molecule has 4 nitrogen and oxygen atoms in total. The normalized spacial score (nSPS) is 28.8. The average Bonchev–Trinajstić information content (AvgIpc) is 3.17. The van der Waals surface area contributed by atoms with Crippen LogP contribution in [-0.2, 0) is 0 Å². The third-order valence-electron chi connectivity index (χ3n) is 5.80. The Kier molecular flexibility index (Phi) is 3.59. The van der Waals surface area contributed by atoms with Crippen molar-refractivity contribution in [2.45, 2.75) is 44.7 Å². The molecule has 2 N–H and O–H groups in total. The SMILES string of the molecule is C1=CC2c3nc4c(nc3NC(c3ccccc3)C2C1)NC1C=C4C1.CC.[HH].[HH]. The summed E-state index contributed by atoms with van der Waals surface area (Å²) in [7, 11) is 0. The average molecular weight is 348 g/mol. The molecular weight excluding hydrogens is 320 g/mol. The van der Waals surface area contributed by atoms with Gasteiger partial charge in [-0.3, -0.25) is 0 Å². The molecule has 2 aromatic rings. The summed E-state index contributed by atoms with van der Waals surface area (Å²) in [5, 5.41) is 7.17. The first-order valence-electron chi connectivity index (χ1n) is 9.74. The van der Waals surface area contributed by atoms with E-state index < -0.39 is 0 Å². The van der Waals surface area contributed by atoms with E-state index in [1.807, 2.05) is 13.8 Å². The smallest absolute Gasteiger partial charge is 0.155 e. The van der Waals surface area contributed by atoms with Crippen LogP contribution >= 0.6 is 0 Å². The zero-order valence-electron chi connectivity index (χ0n) is 15.2. The molecule has 26 heavy (non-hydrogen) atoms. The Hall–Kier alpha value is -2.62. The Morgan fingerprint density at radius 2 is 1.85 bits per heavy atom. The number of benzene rings is 1. The van der Waals surface area contributed by atoms with Crippen molar-refractivity contribution in [1.29, 1.82) is 0 Å². The van der Waals surface area contributed by atoms with Crippen LogP contribution in [-0.4, -0.2) is 16.0 Å². The zero-order chi connectivity index (χ0) is 17.7. The largest absolute Gasteiger partial charge is 0.362 e. The van der Waals surface area contributed by atoms with Crippen LogP contribution in [0.1, 0.15) is 58.5 Å². The number of nitrogens with one attached hydrogen (secondary N) is 2. The van der Waals surface area contributed by atoms with Gasteiger partial charge in [-0.25, -0.2) is 9.97 Å². The van der Waals surface area contributed by atoms with Gasteiger partial charge in [0.1, 0.15) is 5.69 Å². The molecule has 0 saturated carbocycles. The molecule has 0 saturated heterocycles. The molecule has 1 aromatic carbocycles. The van der Waals surface area contributed by atoms with Gasteiger partial charge in [-0.05, 0) is 29.9 Å². The standard InChI is InChI=1S/C20H18N4.C2H6.2H2/c1-2-5-11(6-3-1)16-14-7-4-8-15(14)18-20(23-16)24-19-17(22-18)12-9-13(10-12)21-19;1-2;;/h1-6,8-9,13-16H,7,10H2,(H2,21,23,24);1-2H3;2*1H. The topological polar surface area (TPSA) is 49.8 Å². The van der Waals surface area contributed by atoms with E-state index in [0.717, 1.165) is 35.9 Å². The number of allylic oxidation sites excluding steroid dienone is 2. The predicted molar refractivity (Wildman–Crippen MR) is 110 cm³/mol. The molecule has 7 rings (SSSR count). The highest BCUT2D eigenvalue weighted by Crippen LogP contribution is 2.50. The lowest BCUT2D eigenvalue weighted by Gasteiger charge is -2.39. The molecule has 136 valence electrons. The number of aromatic nitrogens is 2. The molecule has 4 heteroatoms. The molecule has 4 unspecified atom stereocenters. The number of hydrogen-bond acceptors (Lipinski definition) is 4. The number of hydrogen-bond donors (Lipinski definition) is 2. The van der Waals surface area contributed by atoms with Gasteiger partial charge in [0.05, 0.1) is 17.8 Å². The third kappa shape index (κ3) is 2.21. The van der Waals surface area contributed by atoms with Gasteiger partial charge in [-0.15, -0.1) is 0 Å². The Morgan fingerprint density at radius 3 is 2.65 bits per heavy atom. The fourth-order valence-corrected chi connectivity index (χ4v) is 4.56. The summed E-state index contributed by atoms with van der Waals surface area (Å²) in [6, 6.07) is 11.5. The van der Waals surface area contributed by atoms with Crippen LogP contribution in [0.3, 0.4) is 0 Å². The Labute approximate surface area is 157 Å². The van der Waals surface area contributed by atoms with E-state index in [-0.39, 0.29) is 2.85 Å². The van der Waals surface area contributed by atoms with Crippen molar-refractivity contribution in [2.24, 2.45) is 5.92 Å². The molecule has 4 atom stereocenters. The van der Waals surface area contributed by atoms with Crippen LogP contribution in [0.2, 0.25) is 0 Å². The summed E-state index contributed by atoms with van der Waals surface area (Å²) >= 11 is 0. The molecule has 3 aliphatic heterocycles. The van der Waals surface area contributed by atoms with E-state index in [9.17, 15) is 0 Å². The van der Waals surface area contributed by atoms with E-state index in [1.54, 1.807) is 0 Å². The molecular formula is C22H28N4. The second kappa shape index (κ2) is 5.97. The molecule has 2 aliphatic carbocycles. The third-order valence-corrected chi connectivity index (χ3v) is 5.80. The van der Waals surface area contributed by atoms with Gasteiger partial charge in [0, 0.05) is 8.77 Å². The molecule has 5 aliphatic rings. The van der Waals surface area contributed by atoms with E-state index >= 15 is 0 Å². The van der Waals surface area contributed by atoms with Gasteiger partial charge in [0.15, 0.2) is 11.6 Å². The fraction of sp³-hybridized carbons (Fsp3) is 0.364. The summed E-state index contributed by atoms with van der Waals surface area (Å²) in [5.74, 6) is 2.78. The molecule has 2 bridgehead atoms. The van der Waals surface area contributed by atoms with Crippen LogP contribution < -0.4 is 10.6 Å². The minimum absolute atomic E-state index is 0. The minimum Gasteiger partial charge on any atom is -0.362 e. The van der Waals surface area contributed by atoms with Crippen LogP contribution in [0, 0.1) is 5.92 Å². The molecule has 1 aromatic heterocycles. The number of fused-ring (bicyclic) bond motifs is 3. The molecule has 4 heterocycles. The van der Waals surface area contributed by atoms with E-state index in [4.69, 9.17) is 9.97 Å². The van der Waals surface area contributed by atoms with Crippen molar-refractivity contribution < 1.29 is 2.85 Å². The first kappa shape index (κ1) is 15.6. The van der Waals surface area contributed by atoms with Crippen LogP contribution in [0.25, 0.3) is 5.57 Å². The lowest BCUT2D eigenvalue weighted by Crippen LogP contribution is -2.35. The second-order valence-electron chi connectivity index (χ2n) is 7.19. The number of nitrogens with zero attached hydrogens (tertiary/aromatic N) is 2. The predicted octanol–water partition coefficient (Wildman–Crippen LogP) is 5.40. The number of rotatable bonds is 1. The summed E-state index contributed by atoms with van der Waals surface area (Å²) in [4.78, 5) is 9.95. The summed E-state index contributed by atoms with van der Waals surface area (Å²) in [6.07, 6.45) is 9.09. The number of anilines is 2. The lowest BCUT2D eigenvalue weighted by molar-refractivity contribution is 0.416. The molecule has 0 fully saturated rings. The van der Waals surface area contributed by atoms with Crippen molar-refractivity contribution in [3.05, 3.63) is 65.5 Å². The molecule has 0 amide bonds. The van der Waals surface area contributed by atoms with Crippen molar-refractivity contribution in [3.63, 3.8) is 0 Å². The lowest BCUT2D eigenvalue weighted by atomic mass is 9.79. The van der Waals surface area contributed by atoms with Gasteiger partial charge >= 0.3 is 0 Å². The maximum atomic E-state index is 5.04. The van der Waals surface area contributed by atoms with Crippen molar-refractivity contribution in [3.8, 4) is 0 Å². The quantitative estimate of drug-likeness (QED) is 0.677. The zero-order valence-corrected chi connectivity index (χ0v) is 15.2. The van der Waals surface area contributed by atoms with Crippen LogP contribution in [0.5, 0.6) is 0 Å². The summed E-state index contributed by atoms with van der Waals surface area (Å²) in [6.45, 7) is 4.00. The van der Waals surface area contributed by atoms with E-state index in [2.05, 4.69) is 59.2 Å². The van der Waals surface area contributed by atoms with Crippen molar-refractivity contribution in [2.75, 3.05) is 10.6 Å². The molecule has 0 radical (unpaired) electrons. The Balaban J connectivity index is 0.000000547. The van der Waals surface area contributed by atoms with Crippen LogP contribution in [0.4, 0.5) is 11.6 Å². The van der Waals surface area contributed by atoms with E-state index in [0.29, 0.717) is 23.9 Å². The minimum atomic E-state index is 0. The first-order chi connectivity index (χ1) is 12.9. The van der Waals surface area contributed by atoms with Gasteiger partial charge in [-0.1, -0.05) is 62.4 Å². The Morgan fingerprint density at radius 1 is 1.04 bits per heavy atom. The highest BCUT2D eigenvalue weighted by molar-refractivity contribution is 5.83. The van der Waals surface area contributed by atoms with Gasteiger partial charge in [0.2, 0.25) is 0 Å². The van der Waals surface area contributed by atoms with Gasteiger partial charge in [-0.2, -0.15) is 0 Å². The highest BCUT2D eigenvalue weighted by atomic mass is 15.2. The maximum Gasteiger partial charge on any atom is 0.155 e. The van der Waals surface area contributed by atoms with Crippen LogP contribution in [0.15, 0.2) is 48.6 Å². The van der Waals surface area contributed by atoms with Gasteiger partial charge in [0.25, 0.3) is 0 Å². The second-order valence-corrected chi connectivity index (χ2v) is 7.19. The van der Waals surface area contributed by atoms with Crippen molar-refractivity contribution >= 4 is 17.2 Å². The Bertz CT molecular complexity index is 910. The maximum absolute atomic E-state index is 5.04. The molecule has 0 spiro atoms. The summed E-state index contributed by atoms with van der Waals surface area (Å²) < 4.78 is 0. The first-order valence-corrected chi connectivity index (χ1v) is 9.74.